The number of amides is 1. The van der Waals surface area contributed by atoms with Crippen LogP contribution in [0.2, 0.25) is 0 Å². The lowest BCUT2D eigenvalue weighted by molar-refractivity contribution is 0.0932. The van der Waals surface area contributed by atoms with Crippen LogP contribution < -0.4 is 10.1 Å². The van der Waals surface area contributed by atoms with Crippen molar-refractivity contribution in [2.75, 3.05) is 13.2 Å². The van der Waals surface area contributed by atoms with Crippen molar-refractivity contribution in [3.05, 3.63) is 131 Å². The van der Waals surface area contributed by atoms with Gasteiger partial charge < -0.3 is 10.1 Å². The summed E-state index contributed by atoms with van der Waals surface area (Å²) in [5, 5.41) is 4.08. The number of fused-ring (bicyclic) bond motifs is 2. The Morgan fingerprint density at radius 1 is 0.833 bits per heavy atom. The van der Waals surface area contributed by atoms with E-state index in [0.29, 0.717) is 23.6 Å². The van der Waals surface area contributed by atoms with Gasteiger partial charge >= 0.3 is 0 Å². The van der Waals surface area contributed by atoms with Gasteiger partial charge in [-0.2, -0.15) is 0 Å². The molecule has 1 aliphatic heterocycles. The SMILES string of the molecule is CCC(NC(=O)c1c(OCCN2Cc3ccccc3C2)c(-c2ccccc2)nc2ccccc12)c1ccccc1.Cl.Cl. The molecule has 1 aromatic heterocycles. The third-order valence-corrected chi connectivity index (χ3v) is 7.60. The first-order chi connectivity index (χ1) is 19.7. The fourth-order valence-electron chi connectivity index (χ4n) is 5.53. The van der Waals surface area contributed by atoms with Crippen LogP contribution in [0.1, 0.15) is 46.4 Å². The number of para-hydroxylation sites is 1. The number of carbonyl (C=O) groups excluding carboxylic acids is 1. The van der Waals surface area contributed by atoms with Gasteiger partial charge in [-0.05, 0) is 29.2 Å². The number of benzene rings is 4. The molecule has 0 spiro atoms. The molecule has 6 rings (SSSR count). The van der Waals surface area contributed by atoms with E-state index in [1.54, 1.807) is 0 Å². The fraction of sp³-hybridized carbons (Fsp3) is 0.200. The lowest BCUT2D eigenvalue weighted by atomic mass is 10.00. The van der Waals surface area contributed by atoms with Gasteiger partial charge in [0.15, 0.2) is 5.75 Å². The van der Waals surface area contributed by atoms with Crippen molar-refractivity contribution >= 4 is 41.6 Å². The van der Waals surface area contributed by atoms with E-state index in [-0.39, 0.29) is 36.8 Å². The van der Waals surface area contributed by atoms with E-state index < -0.39 is 0 Å². The first-order valence-electron chi connectivity index (χ1n) is 14.0. The van der Waals surface area contributed by atoms with Crippen LogP contribution >= 0.6 is 24.8 Å². The van der Waals surface area contributed by atoms with Gasteiger partial charge in [0.1, 0.15) is 12.3 Å². The summed E-state index contributed by atoms with van der Waals surface area (Å²) in [6.45, 7) is 5.10. The minimum Gasteiger partial charge on any atom is -0.489 e. The normalized spacial score (nSPS) is 13.0. The highest BCUT2D eigenvalue weighted by Crippen LogP contribution is 2.37. The number of carbonyl (C=O) groups is 1. The molecular weight excluding hydrogens is 565 g/mol. The molecule has 42 heavy (non-hydrogen) atoms. The van der Waals surface area contributed by atoms with E-state index >= 15 is 0 Å². The minimum absolute atomic E-state index is 0. The van der Waals surface area contributed by atoms with Crippen LogP contribution in [-0.4, -0.2) is 28.9 Å². The van der Waals surface area contributed by atoms with Gasteiger partial charge in [-0.15, -0.1) is 24.8 Å². The molecule has 1 atom stereocenters. The second kappa shape index (κ2) is 14.3. The molecule has 7 heteroatoms. The van der Waals surface area contributed by atoms with E-state index in [4.69, 9.17) is 9.72 Å². The zero-order valence-electron chi connectivity index (χ0n) is 23.5. The molecule has 216 valence electrons. The van der Waals surface area contributed by atoms with Gasteiger partial charge in [0, 0.05) is 30.6 Å². The Morgan fingerprint density at radius 3 is 2.10 bits per heavy atom. The van der Waals surface area contributed by atoms with E-state index in [9.17, 15) is 4.79 Å². The van der Waals surface area contributed by atoms with Gasteiger partial charge in [0.25, 0.3) is 5.91 Å². The molecule has 5 aromatic rings. The number of rotatable bonds is 9. The van der Waals surface area contributed by atoms with Crippen LogP contribution in [0.4, 0.5) is 0 Å². The molecule has 2 heterocycles. The maximum Gasteiger partial charge on any atom is 0.256 e. The monoisotopic (exact) mass is 599 g/mol. The predicted octanol–water partition coefficient (Wildman–Crippen LogP) is 8.02. The fourth-order valence-corrected chi connectivity index (χ4v) is 5.53. The van der Waals surface area contributed by atoms with Gasteiger partial charge in [0.2, 0.25) is 0 Å². The van der Waals surface area contributed by atoms with Crippen molar-refractivity contribution in [1.82, 2.24) is 15.2 Å². The van der Waals surface area contributed by atoms with Crippen LogP contribution in [-0.2, 0) is 13.1 Å². The minimum atomic E-state index is -0.157. The molecule has 1 amide bonds. The average Bonchev–Trinajstić information content (AvgIpc) is 3.43. The Kier molecular flexibility index (Phi) is 10.6. The van der Waals surface area contributed by atoms with E-state index in [0.717, 1.165) is 48.1 Å². The van der Waals surface area contributed by atoms with Crippen molar-refractivity contribution < 1.29 is 9.53 Å². The van der Waals surface area contributed by atoms with Gasteiger partial charge in [-0.3, -0.25) is 9.69 Å². The van der Waals surface area contributed by atoms with Crippen LogP contribution in [0.15, 0.2) is 109 Å². The summed E-state index contributed by atoms with van der Waals surface area (Å²) < 4.78 is 6.57. The lowest BCUT2D eigenvalue weighted by Gasteiger charge is -2.22. The molecule has 5 nitrogen and oxygen atoms in total. The maximum atomic E-state index is 14.1. The first-order valence-corrected chi connectivity index (χ1v) is 14.0. The van der Waals surface area contributed by atoms with E-state index in [1.165, 1.54) is 11.1 Å². The number of nitrogens with one attached hydrogen (secondary N) is 1. The Bertz CT molecular complexity index is 1610. The van der Waals surface area contributed by atoms with Crippen LogP contribution in [0.25, 0.3) is 22.2 Å². The van der Waals surface area contributed by atoms with Gasteiger partial charge in [0.05, 0.1) is 17.1 Å². The smallest absolute Gasteiger partial charge is 0.256 e. The Balaban J connectivity index is 0.00000202. The number of nitrogens with zero attached hydrogens (tertiary/aromatic N) is 2. The van der Waals surface area contributed by atoms with Crippen molar-refractivity contribution in [2.24, 2.45) is 0 Å². The summed E-state index contributed by atoms with van der Waals surface area (Å²) in [4.78, 5) is 21.5. The summed E-state index contributed by atoms with van der Waals surface area (Å²) in [6.07, 6.45) is 0.774. The van der Waals surface area contributed by atoms with Crippen molar-refractivity contribution in [3.63, 3.8) is 0 Å². The first kappa shape index (κ1) is 31.0. The summed E-state index contributed by atoms with van der Waals surface area (Å²) in [5.74, 6) is 0.372. The quantitative estimate of drug-likeness (QED) is 0.186. The summed E-state index contributed by atoms with van der Waals surface area (Å²) in [7, 11) is 0. The third kappa shape index (κ3) is 6.60. The lowest BCUT2D eigenvalue weighted by Crippen LogP contribution is -2.29. The Morgan fingerprint density at radius 2 is 1.43 bits per heavy atom. The molecule has 1 aliphatic rings. The molecule has 0 radical (unpaired) electrons. The molecule has 0 bridgehead atoms. The van der Waals surface area contributed by atoms with E-state index in [1.807, 2.05) is 72.8 Å². The molecular formula is C35H35Cl2N3O2. The maximum absolute atomic E-state index is 14.1. The number of hydrogen-bond donors (Lipinski definition) is 1. The number of aromatic nitrogens is 1. The number of halogens is 2. The number of pyridine rings is 1. The van der Waals surface area contributed by atoms with Crippen LogP contribution in [0.3, 0.4) is 0 Å². The second-order valence-electron chi connectivity index (χ2n) is 10.2. The molecule has 1 unspecified atom stereocenters. The van der Waals surface area contributed by atoms with Crippen LogP contribution in [0.5, 0.6) is 5.75 Å². The van der Waals surface area contributed by atoms with Gasteiger partial charge in [-0.1, -0.05) is 110 Å². The van der Waals surface area contributed by atoms with E-state index in [2.05, 4.69) is 53.5 Å². The summed E-state index contributed by atoms with van der Waals surface area (Å²) in [5.41, 5.74) is 6.71. The molecule has 0 aliphatic carbocycles. The zero-order valence-corrected chi connectivity index (χ0v) is 25.2. The Hall–Kier alpha value is -3.90. The summed E-state index contributed by atoms with van der Waals surface area (Å²) >= 11 is 0. The number of ether oxygens (including phenoxy) is 1. The molecule has 0 fully saturated rings. The molecule has 0 saturated heterocycles. The predicted molar refractivity (Wildman–Crippen MR) is 175 cm³/mol. The van der Waals surface area contributed by atoms with Gasteiger partial charge in [-0.25, -0.2) is 4.98 Å². The number of hydrogen-bond acceptors (Lipinski definition) is 4. The molecule has 0 saturated carbocycles. The highest BCUT2D eigenvalue weighted by atomic mass is 35.5. The largest absolute Gasteiger partial charge is 0.489 e. The summed E-state index contributed by atoms with van der Waals surface area (Å²) in [6, 6.07) is 36.4. The topological polar surface area (TPSA) is 54.5 Å². The molecule has 1 N–H and O–H groups in total. The third-order valence-electron chi connectivity index (χ3n) is 7.60. The second-order valence-corrected chi connectivity index (χ2v) is 10.2. The Labute approximate surface area is 259 Å². The van der Waals surface area contributed by atoms with Crippen molar-refractivity contribution in [2.45, 2.75) is 32.5 Å². The highest BCUT2D eigenvalue weighted by Gasteiger charge is 2.26. The average molecular weight is 601 g/mol. The standard InChI is InChI=1S/C35H33N3O2.2ClH/c1-2-30(25-13-5-3-6-14-25)37-35(39)32-29-19-11-12-20-31(29)36-33(26-15-7-4-8-16-26)34(32)40-22-21-38-23-27-17-9-10-18-28(27)24-38;;/h3-20,30H,2,21-24H2,1H3,(H,37,39);2*1H. The van der Waals surface area contributed by atoms with Crippen molar-refractivity contribution in [3.8, 4) is 17.0 Å². The highest BCUT2D eigenvalue weighted by molar-refractivity contribution is 6.10. The molecule has 4 aromatic carbocycles. The van der Waals surface area contributed by atoms with Crippen LogP contribution in [0, 0.1) is 0 Å². The zero-order chi connectivity index (χ0) is 27.3. The van der Waals surface area contributed by atoms with Crippen molar-refractivity contribution in [1.29, 1.82) is 0 Å².